The first-order valence-corrected chi connectivity index (χ1v) is 6.22. The molecule has 0 aromatic carbocycles. The van der Waals surface area contributed by atoms with Gasteiger partial charge in [0.15, 0.2) is 0 Å². The van der Waals surface area contributed by atoms with Gasteiger partial charge in [0, 0.05) is 12.7 Å². The first-order chi connectivity index (χ1) is 7.83. The lowest BCUT2D eigenvalue weighted by atomic mass is 9.93. The maximum absolute atomic E-state index is 6.07. The van der Waals surface area contributed by atoms with Crippen LogP contribution in [0.25, 0.3) is 0 Å². The molecule has 1 saturated carbocycles. The zero-order valence-electron chi connectivity index (χ0n) is 9.07. The summed E-state index contributed by atoms with van der Waals surface area (Å²) in [6.07, 6.45) is 10.9. The third kappa shape index (κ3) is 1.82. The van der Waals surface area contributed by atoms with Gasteiger partial charge >= 0.3 is 0 Å². The molecule has 1 heterocycles. The van der Waals surface area contributed by atoms with Crippen LogP contribution in [0.4, 0.5) is 5.69 Å². The van der Waals surface area contributed by atoms with Gasteiger partial charge in [-0.25, -0.2) is 0 Å². The summed E-state index contributed by atoms with van der Waals surface area (Å²) in [5.41, 5.74) is 0.955. The summed E-state index contributed by atoms with van der Waals surface area (Å²) in [6.45, 7) is 1.01. The Hall–Kier alpha value is -1.02. The molecule has 0 amide bonds. The smallest absolute Gasteiger partial charge is 0.0716 e. The standard InChI is InChI=1S/C13H15ClN2/c14-12-3-4-15-8-13(12)16-7-11-6-9-1-2-10(11)5-9/h1-4,8-11,16H,5-7H2. The number of fused-ring (bicyclic) bond motifs is 2. The monoisotopic (exact) mass is 234 g/mol. The third-order valence-corrected chi connectivity index (χ3v) is 4.07. The van der Waals surface area contributed by atoms with Crippen molar-refractivity contribution in [1.82, 2.24) is 4.98 Å². The third-order valence-electron chi connectivity index (χ3n) is 3.74. The normalized spacial score (nSPS) is 30.9. The first kappa shape index (κ1) is 10.2. The van der Waals surface area contributed by atoms with E-state index in [0.29, 0.717) is 0 Å². The molecule has 16 heavy (non-hydrogen) atoms. The molecule has 3 heteroatoms. The number of allylic oxidation sites excluding steroid dienone is 2. The van der Waals surface area contributed by atoms with E-state index in [4.69, 9.17) is 11.6 Å². The van der Waals surface area contributed by atoms with Crippen LogP contribution in [-0.4, -0.2) is 11.5 Å². The van der Waals surface area contributed by atoms with Gasteiger partial charge < -0.3 is 5.32 Å². The topological polar surface area (TPSA) is 24.9 Å². The van der Waals surface area contributed by atoms with Crippen LogP contribution >= 0.6 is 11.6 Å². The summed E-state index contributed by atoms with van der Waals surface area (Å²) in [7, 11) is 0. The molecule has 2 bridgehead atoms. The Morgan fingerprint density at radius 2 is 2.31 bits per heavy atom. The van der Waals surface area contributed by atoms with E-state index in [1.807, 2.05) is 6.07 Å². The quantitative estimate of drug-likeness (QED) is 0.812. The minimum absolute atomic E-state index is 0.758. The summed E-state index contributed by atoms with van der Waals surface area (Å²) in [4.78, 5) is 4.08. The van der Waals surface area contributed by atoms with E-state index < -0.39 is 0 Å². The van der Waals surface area contributed by atoms with Crippen molar-refractivity contribution in [3.63, 3.8) is 0 Å². The Labute approximate surface area is 101 Å². The van der Waals surface area contributed by atoms with Gasteiger partial charge in [0.2, 0.25) is 0 Å². The zero-order chi connectivity index (χ0) is 11.0. The number of hydrogen-bond acceptors (Lipinski definition) is 2. The van der Waals surface area contributed by atoms with Crippen LogP contribution in [-0.2, 0) is 0 Å². The van der Waals surface area contributed by atoms with Gasteiger partial charge in [-0.3, -0.25) is 4.98 Å². The van der Waals surface area contributed by atoms with Crippen molar-refractivity contribution >= 4 is 17.3 Å². The fourth-order valence-electron chi connectivity index (χ4n) is 2.88. The van der Waals surface area contributed by atoms with Crippen LogP contribution in [0.15, 0.2) is 30.6 Å². The number of pyridine rings is 1. The maximum atomic E-state index is 6.07. The molecular weight excluding hydrogens is 220 g/mol. The Balaban J connectivity index is 1.61. The van der Waals surface area contributed by atoms with Gasteiger partial charge in [-0.15, -0.1) is 0 Å². The molecule has 0 aliphatic heterocycles. The van der Waals surface area contributed by atoms with Gasteiger partial charge in [-0.1, -0.05) is 23.8 Å². The predicted octanol–water partition coefficient (Wildman–Crippen LogP) is 3.36. The van der Waals surface area contributed by atoms with Crippen LogP contribution in [0.3, 0.4) is 0 Å². The Kier molecular flexibility index (Phi) is 2.60. The molecule has 0 radical (unpaired) electrons. The molecule has 2 nitrogen and oxygen atoms in total. The number of aromatic nitrogens is 1. The second-order valence-corrected chi connectivity index (χ2v) is 5.18. The number of rotatable bonds is 3. The molecule has 1 N–H and O–H groups in total. The van der Waals surface area contributed by atoms with Gasteiger partial charge in [0.25, 0.3) is 0 Å². The van der Waals surface area contributed by atoms with Crippen molar-refractivity contribution in [3.8, 4) is 0 Å². The molecule has 1 aromatic heterocycles. The molecule has 84 valence electrons. The average Bonchev–Trinajstić information content (AvgIpc) is 2.90. The second-order valence-electron chi connectivity index (χ2n) is 4.78. The number of nitrogens with one attached hydrogen (secondary N) is 1. The molecular formula is C13H15ClN2. The first-order valence-electron chi connectivity index (χ1n) is 5.84. The highest BCUT2D eigenvalue weighted by Crippen LogP contribution is 2.43. The maximum Gasteiger partial charge on any atom is 0.0716 e. The largest absolute Gasteiger partial charge is 0.382 e. The molecule has 2 aliphatic carbocycles. The van der Waals surface area contributed by atoms with Crippen LogP contribution in [0.5, 0.6) is 0 Å². The van der Waals surface area contributed by atoms with Crippen LogP contribution in [0, 0.1) is 17.8 Å². The lowest BCUT2D eigenvalue weighted by Crippen LogP contribution is -2.18. The van der Waals surface area contributed by atoms with Crippen molar-refractivity contribution in [2.45, 2.75) is 12.8 Å². The number of anilines is 1. The fraction of sp³-hybridized carbons (Fsp3) is 0.462. The molecule has 3 atom stereocenters. The molecule has 1 aromatic rings. The highest BCUT2D eigenvalue weighted by molar-refractivity contribution is 6.33. The number of nitrogens with zero attached hydrogens (tertiary/aromatic N) is 1. The second kappa shape index (κ2) is 4.10. The predicted molar refractivity (Wildman–Crippen MR) is 66.6 cm³/mol. The van der Waals surface area contributed by atoms with E-state index >= 15 is 0 Å². The highest BCUT2D eigenvalue weighted by atomic mass is 35.5. The van der Waals surface area contributed by atoms with Gasteiger partial charge in [-0.05, 0) is 36.7 Å². The summed E-state index contributed by atoms with van der Waals surface area (Å²) in [6, 6.07) is 1.82. The Morgan fingerprint density at radius 3 is 3.00 bits per heavy atom. The molecule has 0 spiro atoms. The lowest BCUT2D eigenvalue weighted by Gasteiger charge is -2.19. The number of hydrogen-bond donors (Lipinski definition) is 1. The molecule has 3 rings (SSSR count). The molecule has 3 unspecified atom stereocenters. The Bertz CT molecular complexity index is 416. The van der Waals surface area contributed by atoms with Crippen LogP contribution < -0.4 is 5.32 Å². The van der Waals surface area contributed by atoms with Crippen molar-refractivity contribution in [1.29, 1.82) is 0 Å². The van der Waals surface area contributed by atoms with E-state index in [2.05, 4.69) is 22.5 Å². The van der Waals surface area contributed by atoms with Gasteiger partial charge in [0.1, 0.15) is 0 Å². The fourth-order valence-corrected chi connectivity index (χ4v) is 3.05. The zero-order valence-corrected chi connectivity index (χ0v) is 9.82. The summed E-state index contributed by atoms with van der Waals surface area (Å²) >= 11 is 6.07. The van der Waals surface area contributed by atoms with E-state index in [-0.39, 0.29) is 0 Å². The molecule has 0 saturated heterocycles. The van der Waals surface area contributed by atoms with Crippen LogP contribution in [0.1, 0.15) is 12.8 Å². The van der Waals surface area contributed by atoms with E-state index in [1.54, 1.807) is 12.4 Å². The minimum atomic E-state index is 0.758. The summed E-state index contributed by atoms with van der Waals surface area (Å²) in [5.74, 6) is 2.39. The van der Waals surface area contributed by atoms with Crippen molar-refractivity contribution in [2.75, 3.05) is 11.9 Å². The lowest BCUT2D eigenvalue weighted by molar-refractivity contribution is 0.472. The molecule has 1 fully saturated rings. The van der Waals surface area contributed by atoms with Crippen molar-refractivity contribution in [3.05, 3.63) is 35.6 Å². The van der Waals surface area contributed by atoms with Gasteiger partial charge in [-0.2, -0.15) is 0 Å². The summed E-state index contributed by atoms with van der Waals surface area (Å²) in [5, 5.41) is 4.17. The Morgan fingerprint density at radius 1 is 1.38 bits per heavy atom. The molecule has 2 aliphatic rings. The SMILES string of the molecule is Clc1ccncc1NCC1CC2C=CC1C2. The average molecular weight is 235 g/mol. The number of halogens is 1. The highest BCUT2D eigenvalue weighted by Gasteiger charge is 2.35. The van der Waals surface area contributed by atoms with Crippen molar-refractivity contribution < 1.29 is 0 Å². The van der Waals surface area contributed by atoms with Gasteiger partial charge in [0.05, 0.1) is 16.9 Å². The van der Waals surface area contributed by atoms with Crippen molar-refractivity contribution in [2.24, 2.45) is 17.8 Å². The van der Waals surface area contributed by atoms with E-state index in [0.717, 1.165) is 35.0 Å². The summed E-state index contributed by atoms with van der Waals surface area (Å²) < 4.78 is 0. The van der Waals surface area contributed by atoms with Crippen LogP contribution in [0.2, 0.25) is 5.02 Å². The van der Waals surface area contributed by atoms with E-state index in [1.165, 1.54) is 12.8 Å². The van der Waals surface area contributed by atoms with E-state index in [9.17, 15) is 0 Å². The minimum Gasteiger partial charge on any atom is -0.382 e.